The van der Waals surface area contributed by atoms with Crippen LogP contribution in [-0.4, -0.2) is 105 Å². The van der Waals surface area contributed by atoms with Gasteiger partial charge in [0.05, 0.1) is 19.2 Å². The van der Waals surface area contributed by atoms with Gasteiger partial charge in [0.2, 0.25) is 17.6 Å². The second-order valence-corrected chi connectivity index (χ2v) is 18.9. The largest absolute Gasteiger partial charge is 0.508 e. The number of allylic oxidation sites excluding steroid dienone is 1. The number of ether oxygens (including phenoxy) is 4. The summed E-state index contributed by atoms with van der Waals surface area (Å²) in [6.07, 6.45) is 1.85. The Hall–Kier alpha value is -5.90. The van der Waals surface area contributed by atoms with E-state index >= 15 is 4.79 Å². The first kappa shape index (κ1) is 45.3. The normalized spacial score (nSPS) is 27.0. The fraction of sp³-hybridized carbons (Fsp3) is 0.423. The number of nitrogens with zero attached hydrogens (tertiary/aromatic N) is 2. The molecule has 4 aromatic rings. The second-order valence-electron chi connectivity index (χ2n) is 18.9. The number of benzene rings is 4. The van der Waals surface area contributed by atoms with E-state index in [1.807, 2.05) is 109 Å². The van der Waals surface area contributed by atoms with Crippen molar-refractivity contribution in [1.82, 2.24) is 15.3 Å². The van der Waals surface area contributed by atoms with Gasteiger partial charge in [-0.25, -0.2) is 0 Å². The van der Waals surface area contributed by atoms with E-state index in [0.29, 0.717) is 30.4 Å². The number of hydrogen-bond acceptors (Lipinski definition) is 12. The molecule has 0 unspecified atom stereocenters. The molecule has 14 heteroatoms. The maximum atomic E-state index is 15.8. The number of esters is 2. The zero-order valence-corrected chi connectivity index (χ0v) is 37.4. The van der Waals surface area contributed by atoms with E-state index in [1.54, 1.807) is 42.9 Å². The fourth-order valence-corrected chi connectivity index (χ4v) is 10.4. The zero-order chi connectivity index (χ0) is 46.2. The van der Waals surface area contributed by atoms with Crippen molar-refractivity contribution in [3.8, 4) is 5.75 Å². The van der Waals surface area contributed by atoms with E-state index in [2.05, 4.69) is 5.32 Å². The van der Waals surface area contributed by atoms with Crippen LogP contribution in [0, 0.1) is 5.41 Å². The van der Waals surface area contributed by atoms with E-state index in [0.717, 1.165) is 16.7 Å². The van der Waals surface area contributed by atoms with Gasteiger partial charge in [0, 0.05) is 30.5 Å². The van der Waals surface area contributed by atoms with Crippen molar-refractivity contribution in [3.63, 3.8) is 0 Å². The van der Waals surface area contributed by atoms with Gasteiger partial charge in [-0.05, 0) is 69.2 Å². The van der Waals surface area contributed by atoms with Gasteiger partial charge >= 0.3 is 11.9 Å². The number of aliphatic hydroxyl groups is 1. The number of rotatable bonds is 14. The molecule has 1 saturated carbocycles. The minimum Gasteiger partial charge on any atom is -0.508 e. The molecule has 8 atom stereocenters. The number of fused-ring (bicyclic) bond motifs is 4. The van der Waals surface area contributed by atoms with Crippen LogP contribution in [0.2, 0.25) is 0 Å². The number of phenolic OH excluding ortho intramolecular Hbond substituents is 1. The maximum Gasteiger partial charge on any atom is 0.327 e. The summed E-state index contributed by atoms with van der Waals surface area (Å²) in [4.78, 5) is 65.6. The number of carbonyl (C=O) groups is 4. The zero-order valence-electron chi connectivity index (χ0n) is 37.4. The predicted molar refractivity (Wildman–Crippen MR) is 241 cm³/mol. The molecule has 4 heterocycles. The molecule has 5 aliphatic rings. The minimum atomic E-state index is -1.56. The number of aromatic hydroxyl groups is 1. The molecule has 0 aromatic heterocycles. The van der Waals surface area contributed by atoms with Crippen LogP contribution in [0.4, 0.5) is 0 Å². The highest BCUT2D eigenvalue weighted by Gasteiger charge is 2.77. The SMILES string of the molecule is CC(C)(C)OC(=O)CC[C@@H](CO)NC(=O)[C@H]1CCCN1C(=O)[C@@]12C[C@H]3OC(=O)[C@@H]1N(Cc1cccc(C=CCc4ccccc4O)c1)O[C@@H]2[C@H]1OC(c2ccccc2)(c2ccccc2)O[C@H]13. The highest BCUT2D eigenvalue weighted by molar-refractivity contribution is 5.96. The van der Waals surface area contributed by atoms with E-state index in [1.165, 1.54) is 0 Å². The van der Waals surface area contributed by atoms with E-state index in [-0.39, 0.29) is 38.1 Å². The Kier molecular flexibility index (Phi) is 12.6. The Labute approximate surface area is 384 Å². The van der Waals surface area contributed by atoms with E-state index < -0.39 is 89.7 Å². The number of phenols is 1. The number of amides is 2. The third kappa shape index (κ3) is 8.64. The highest BCUT2D eigenvalue weighted by atomic mass is 16.8. The molecular formula is C52H57N3O11. The smallest absolute Gasteiger partial charge is 0.327 e. The number of para-hydroxylation sites is 1. The van der Waals surface area contributed by atoms with Crippen LogP contribution in [0.5, 0.6) is 5.75 Å². The lowest BCUT2D eigenvalue weighted by Crippen LogP contribution is -2.70. The lowest BCUT2D eigenvalue weighted by atomic mass is 9.62. The Morgan fingerprint density at radius 2 is 1.62 bits per heavy atom. The standard InChI is InChI=1S/C52H57N3O11/c1-50(2,3)63-42(58)27-26-38(32-56)53-47(59)39-24-14-28-54(39)49(61)51-30-41-43-44(65-52(64-43,36-20-6-4-7-21-36)37-22-8-5-9-23-37)46(51)66-55(45(51)48(60)62-41)31-34-17-12-15-33(29-34)16-13-19-35-18-10-11-25-40(35)57/h4-13,15-18,20-23,25,29,38-39,41,43-46,56-57H,14,19,24,26-28,30-32H2,1-3H3,(H,53,59)/t38-,39+,41+,43-,44-,45-,46+,51-/m0/s1. The first-order chi connectivity index (χ1) is 31.8. The molecule has 4 aliphatic heterocycles. The van der Waals surface area contributed by atoms with Crippen LogP contribution >= 0.6 is 0 Å². The predicted octanol–water partition coefficient (Wildman–Crippen LogP) is 5.72. The van der Waals surface area contributed by atoms with Crippen molar-refractivity contribution < 1.29 is 53.2 Å². The molecule has 0 radical (unpaired) electrons. The van der Waals surface area contributed by atoms with Gasteiger partial charge in [-0.2, -0.15) is 5.06 Å². The topological polar surface area (TPSA) is 173 Å². The summed E-state index contributed by atoms with van der Waals surface area (Å²) in [5, 5.41) is 25.0. The van der Waals surface area contributed by atoms with Crippen molar-refractivity contribution in [1.29, 1.82) is 0 Å². The molecule has 9 rings (SSSR count). The molecule has 0 spiro atoms. The molecule has 5 fully saturated rings. The Morgan fingerprint density at radius 1 is 0.924 bits per heavy atom. The first-order valence-electron chi connectivity index (χ1n) is 22.9. The Balaban J connectivity index is 1.04. The van der Waals surface area contributed by atoms with Crippen LogP contribution in [0.3, 0.4) is 0 Å². The number of likely N-dealkylation sites (tertiary alicyclic amines) is 1. The highest BCUT2D eigenvalue weighted by Crippen LogP contribution is 2.60. The molecular weight excluding hydrogens is 843 g/mol. The third-order valence-corrected chi connectivity index (χ3v) is 13.3. The molecule has 1 aliphatic carbocycles. The lowest BCUT2D eigenvalue weighted by Gasteiger charge is -2.50. The number of nitrogens with one attached hydrogen (secondary N) is 1. The van der Waals surface area contributed by atoms with Crippen LogP contribution < -0.4 is 5.32 Å². The van der Waals surface area contributed by atoms with Crippen molar-refractivity contribution in [2.75, 3.05) is 13.2 Å². The molecule has 4 aromatic carbocycles. The summed E-state index contributed by atoms with van der Waals surface area (Å²) in [7, 11) is 0. The van der Waals surface area contributed by atoms with Gasteiger partial charge in [0.15, 0.2) is 6.04 Å². The molecule has 4 saturated heterocycles. The van der Waals surface area contributed by atoms with Crippen molar-refractivity contribution in [2.24, 2.45) is 5.41 Å². The average molecular weight is 900 g/mol. The second kappa shape index (κ2) is 18.4. The quantitative estimate of drug-likeness (QED) is 0.132. The summed E-state index contributed by atoms with van der Waals surface area (Å²) in [6, 6.07) is 31.1. The molecule has 66 heavy (non-hydrogen) atoms. The van der Waals surface area contributed by atoms with Gasteiger partial charge < -0.3 is 39.4 Å². The van der Waals surface area contributed by atoms with Gasteiger partial charge in [0.25, 0.3) is 0 Å². The van der Waals surface area contributed by atoms with Crippen molar-refractivity contribution >= 4 is 29.8 Å². The fourth-order valence-electron chi connectivity index (χ4n) is 10.4. The first-order valence-corrected chi connectivity index (χ1v) is 22.9. The Morgan fingerprint density at radius 3 is 2.32 bits per heavy atom. The third-order valence-electron chi connectivity index (χ3n) is 13.3. The molecule has 3 N–H and O–H groups in total. The van der Waals surface area contributed by atoms with Crippen molar-refractivity contribution in [3.05, 3.63) is 143 Å². The molecule has 14 nitrogen and oxygen atoms in total. The number of hydroxylamine groups is 2. The molecule has 2 amide bonds. The average Bonchev–Trinajstić information content (AvgIpc) is 4.05. The van der Waals surface area contributed by atoms with Crippen LogP contribution in [0.25, 0.3) is 6.08 Å². The minimum absolute atomic E-state index is 0.0191. The summed E-state index contributed by atoms with van der Waals surface area (Å²) in [5.74, 6) is -3.19. The van der Waals surface area contributed by atoms with Gasteiger partial charge in [-0.3, -0.25) is 24.0 Å². The van der Waals surface area contributed by atoms with E-state index in [4.69, 9.17) is 23.8 Å². The molecule has 2 bridgehead atoms. The Bertz CT molecular complexity index is 2420. The summed E-state index contributed by atoms with van der Waals surface area (Å²) in [5.41, 5.74) is 1.68. The van der Waals surface area contributed by atoms with Gasteiger partial charge in [0.1, 0.15) is 47.2 Å². The number of carbonyl (C=O) groups excluding carboxylic acids is 4. The van der Waals surface area contributed by atoms with Crippen molar-refractivity contribution in [2.45, 2.75) is 120 Å². The van der Waals surface area contributed by atoms with Crippen LogP contribution in [0.1, 0.15) is 80.7 Å². The monoisotopic (exact) mass is 899 g/mol. The lowest BCUT2D eigenvalue weighted by molar-refractivity contribution is -0.214. The summed E-state index contributed by atoms with van der Waals surface area (Å²) >= 11 is 0. The molecule has 346 valence electrons. The van der Waals surface area contributed by atoms with Gasteiger partial charge in [-0.1, -0.05) is 115 Å². The van der Waals surface area contributed by atoms with E-state index in [9.17, 15) is 24.6 Å². The number of aliphatic hydroxyl groups excluding tert-OH is 1. The summed E-state index contributed by atoms with van der Waals surface area (Å²) < 4.78 is 25.9. The van der Waals surface area contributed by atoms with Crippen LogP contribution in [0.15, 0.2) is 115 Å². The number of hydrogen-bond donors (Lipinski definition) is 3. The van der Waals surface area contributed by atoms with Crippen LogP contribution in [-0.2, 0) is 61.7 Å². The maximum absolute atomic E-state index is 15.8. The summed E-state index contributed by atoms with van der Waals surface area (Å²) in [6.45, 7) is 5.25. The van der Waals surface area contributed by atoms with Gasteiger partial charge in [-0.15, -0.1) is 0 Å².